The molecule has 0 spiro atoms. The van der Waals surface area contributed by atoms with Gasteiger partial charge in [0.25, 0.3) is 0 Å². The second-order valence-corrected chi connectivity index (χ2v) is 5.70. The molecule has 0 saturated carbocycles. The summed E-state index contributed by atoms with van der Waals surface area (Å²) in [5.74, 6) is 0.113. The van der Waals surface area contributed by atoms with Gasteiger partial charge in [-0.05, 0) is 52.0 Å². The van der Waals surface area contributed by atoms with Gasteiger partial charge in [-0.25, -0.2) is 0 Å². The van der Waals surface area contributed by atoms with Gasteiger partial charge in [0, 0.05) is 19.2 Å². The number of aryl methyl sites for hydroxylation is 1. The van der Waals surface area contributed by atoms with Gasteiger partial charge in [0.15, 0.2) is 0 Å². The average molecular weight is 275 g/mol. The second-order valence-electron chi connectivity index (χ2n) is 5.70. The second kappa shape index (κ2) is 7.27. The minimum absolute atomic E-state index is 0.109. The highest BCUT2D eigenvalue weighted by molar-refractivity contribution is 5.76. The molecule has 0 saturated heterocycles. The van der Waals surface area contributed by atoms with Gasteiger partial charge in [0.05, 0.1) is 11.7 Å². The van der Waals surface area contributed by atoms with E-state index in [1.165, 1.54) is 31.3 Å². The molecule has 0 bridgehead atoms. The molecule has 1 aromatic rings. The van der Waals surface area contributed by atoms with Crippen molar-refractivity contribution in [1.82, 2.24) is 15.1 Å². The summed E-state index contributed by atoms with van der Waals surface area (Å²) in [6.45, 7) is 4.74. The van der Waals surface area contributed by atoms with Crippen LogP contribution in [-0.4, -0.2) is 22.2 Å². The Hall–Kier alpha value is -1.58. The van der Waals surface area contributed by atoms with Crippen LogP contribution in [0.15, 0.2) is 23.9 Å². The van der Waals surface area contributed by atoms with Crippen molar-refractivity contribution in [2.75, 3.05) is 6.54 Å². The minimum atomic E-state index is 0.109. The van der Waals surface area contributed by atoms with Crippen LogP contribution in [0.25, 0.3) is 0 Å². The monoisotopic (exact) mass is 275 g/mol. The first kappa shape index (κ1) is 14.8. The molecular formula is C16H25N3O. The van der Waals surface area contributed by atoms with Crippen molar-refractivity contribution in [1.29, 1.82) is 0 Å². The Kier molecular flexibility index (Phi) is 5.39. The lowest BCUT2D eigenvalue weighted by atomic mass is 9.97. The molecule has 1 aromatic heterocycles. The molecule has 1 aliphatic rings. The van der Waals surface area contributed by atoms with E-state index in [0.717, 1.165) is 18.7 Å². The summed E-state index contributed by atoms with van der Waals surface area (Å²) in [6.07, 6.45) is 10.8. The van der Waals surface area contributed by atoms with E-state index < -0.39 is 0 Å². The summed E-state index contributed by atoms with van der Waals surface area (Å²) in [5.41, 5.74) is 2.49. The van der Waals surface area contributed by atoms with Crippen molar-refractivity contribution in [2.45, 2.75) is 58.4 Å². The number of amides is 1. The molecule has 1 atom stereocenters. The fourth-order valence-electron chi connectivity index (χ4n) is 2.61. The number of hydrogen-bond donors (Lipinski definition) is 1. The number of allylic oxidation sites excluding steroid dienone is 1. The zero-order chi connectivity index (χ0) is 14.4. The third-order valence-electron chi connectivity index (χ3n) is 3.83. The Morgan fingerprint density at radius 2 is 2.35 bits per heavy atom. The van der Waals surface area contributed by atoms with E-state index in [1.807, 2.05) is 30.8 Å². The number of rotatable bonds is 6. The van der Waals surface area contributed by atoms with E-state index in [4.69, 9.17) is 0 Å². The van der Waals surface area contributed by atoms with Crippen LogP contribution in [0.4, 0.5) is 0 Å². The molecule has 20 heavy (non-hydrogen) atoms. The van der Waals surface area contributed by atoms with Crippen molar-refractivity contribution in [3.63, 3.8) is 0 Å². The molecule has 110 valence electrons. The van der Waals surface area contributed by atoms with Crippen molar-refractivity contribution in [2.24, 2.45) is 0 Å². The molecular weight excluding hydrogens is 250 g/mol. The fourth-order valence-corrected chi connectivity index (χ4v) is 2.61. The Morgan fingerprint density at radius 1 is 1.50 bits per heavy atom. The zero-order valence-electron chi connectivity index (χ0n) is 12.6. The highest BCUT2D eigenvalue weighted by Gasteiger charge is 2.11. The van der Waals surface area contributed by atoms with E-state index in [9.17, 15) is 4.79 Å². The van der Waals surface area contributed by atoms with Crippen LogP contribution < -0.4 is 5.32 Å². The Morgan fingerprint density at radius 3 is 3.00 bits per heavy atom. The lowest BCUT2D eigenvalue weighted by Crippen LogP contribution is -2.27. The molecule has 4 nitrogen and oxygen atoms in total. The summed E-state index contributed by atoms with van der Waals surface area (Å²) in [5, 5.41) is 7.36. The molecule has 1 heterocycles. The van der Waals surface area contributed by atoms with Gasteiger partial charge in [-0.1, -0.05) is 11.6 Å². The van der Waals surface area contributed by atoms with Crippen LogP contribution in [-0.2, 0) is 4.79 Å². The van der Waals surface area contributed by atoms with E-state index >= 15 is 0 Å². The molecule has 0 aliphatic heterocycles. The highest BCUT2D eigenvalue weighted by Crippen LogP contribution is 2.19. The summed E-state index contributed by atoms with van der Waals surface area (Å²) < 4.78 is 1.86. The van der Waals surface area contributed by atoms with Crippen molar-refractivity contribution in [3.05, 3.63) is 29.6 Å². The van der Waals surface area contributed by atoms with Gasteiger partial charge in [-0.2, -0.15) is 5.10 Å². The third-order valence-corrected chi connectivity index (χ3v) is 3.83. The zero-order valence-corrected chi connectivity index (χ0v) is 12.6. The number of aromatic nitrogens is 2. The molecule has 0 aromatic carbocycles. The van der Waals surface area contributed by atoms with Gasteiger partial charge in [-0.3, -0.25) is 9.48 Å². The minimum Gasteiger partial charge on any atom is -0.356 e. The third kappa shape index (κ3) is 4.51. The van der Waals surface area contributed by atoms with Gasteiger partial charge >= 0.3 is 0 Å². The lowest BCUT2D eigenvalue weighted by Gasteiger charge is -2.14. The molecule has 0 radical (unpaired) electrons. The number of nitrogens with one attached hydrogen (secondary N) is 1. The van der Waals surface area contributed by atoms with Crippen molar-refractivity contribution in [3.8, 4) is 0 Å². The molecule has 1 amide bonds. The molecule has 2 rings (SSSR count). The molecule has 0 fully saturated rings. The first-order valence-corrected chi connectivity index (χ1v) is 7.61. The van der Waals surface area contributed by atoms with Crippen LogP contribution in [0.5, 0.6) is 0 Å². The van der Waals surface area contributed by atoms with Crippen molar-refractivity contribution < 1.29 is 4.79 Å². The number of hydrogen-bond acceptors (Lipinski definition) is 2. The SMILES string of the molecule is Cc1ccn(C(C)CC(=O)NCCC2=CCCCC2)n1. The maximum Gasteiger partial charge on any atom is 0.222 e. The summed E-state index contributed by atoms with van der Waals surface area (Å²) in [7, 11) is 0. The van der Waals surface area contributed by atoms with Crippen LogP contribution >= 0.6 is 0 Å². The van der Waals surface area contributed by atoms with Crippen LogP contribution in [0.2, 0.25) is 0 Å². The summed E-state index contributed by atoms with van der Waals surface area (Å²) in [6, 6.07) is 2.07. The van der Waals surface area contributed by atoms with Crippen LogP contribution in [0.1, 0.15) is 57.2 Å². The van der Waals surface area contributed by atoms with E-state index in [0.29, 0.717) is 6.42 Å². The number of carbonyl (C=O) groups excluding carboxylic acids is 1. The van der Waals surface area contributed by atoms with Gasteiger partial charge in [0.2, 0.25) is 5.91 Å². The fraction of sp³-hybridized carbons (Fsp3) is 0.625. The Balaban J connectivity index is 1.68. The van der Waals surface area contributed by atoms with E-state index in [1.54, 1.807) is 0 Å². The Labute approximate surface area is 121 Å². The molecule has 1 N–H and O–H groups in total. The maximum atomic E-state index is 11.9. The van der Waals surface area contributed by atoms with Gasteiger partial charge < -0.3 is 5.32 Å². The smallest absolute Gasteiger partial charge is 0.222 e. The topological polar surface area (TPSA) is 46.9 Å². The van der Waals surface area contributed by atoms with Crippen LogP contribution in [0.3, 0.4) is 0 Å². The lowest BCUT2D eigenvalue weighted by molar-refractivity contribution is -0.121. The van der Waals surface area contributed by atoms with Crippen LogP contribution in [0, 0.1) is 6.92 Å². The molecule has 1 aliphatic carbocycles. The average Bonchev–Trinajstić information content (AvgIpc) is 2.87. The highest BCUT2D eigenvalue weighted by atomic mass is 16.1. The standard InChI is InChI=1S/C16H25N3O/c1-13-9-11-19(18-13)14(2)12-16(20)17-10-8-15-6-4-3-5-7-15/h6,9,11,14H,3-5,7-8,10,12H2,1-2H3,(H,17,20). The predicted molar refractivity (Wildman–Crippen MR) is 80.5 cm³/mol. The van der Waals surface area contributed by atoms with Gasteiger partial charge in [-0.15, -0.1) is 0 Å². The van der Waals surface area contributed by atoms with Gasteiger partial charge in [0.1, 0.15) is 0 Å². The largest absolute Gasteiger partial charge is 0.356 e. The summed E-state index contributed by atoms with van der Waals surface area (Å²) >= 11 is 0. The quantitative estimate of drug-likeness (QED) is 0.811. The molecule has 4 heteroatoms. The normalized spacial score (nSPS) is 16.6. The molecule has 1 unspecified atom stereocenters. The first-order valence-electron chi connectivity index (χ1n) is 7.61. The van der Waals surface area contributed by atoms with E-state index in [2.05, 4.69) is 16.5 Å². The number of nitrogens with zero attached hydrogens (tertiary/aromatic N) is 2. The Bertz CT molecular complexity index is 476. The van der Waals surface area contributed by atoms with Crippen molar-refractivity contribution >= 4 is 5.91 Å². The maximum absolute atomic E-state index is 11.9. The predicted octanol–water partition coefficient (Wildman–Crippen LogP) is 3.15. The van der Waals surface area contributed by atoms with E-state index in [-0.39, 0.29) is 11.9 Å². The summed E-state index contributed by atoms with van der Waals surface area (Å²) in [4.78, 5) is 11.9. The number of carbonyl (C=O) groups is 1. The first-order chi connectivity index (χ1) is 9.65.